The van der Waals surface area contributed by atoms with E-state index in [0.717, 1.165) is 49.3 Å². The summed E-state index contributed by atoms with van der Waals surface area (Å²) in [6.45, 7) is 10.1. The summed E-state index contributed by atoms with van der Waals surface area (Å²) < 4.78 is 44.4. The van der Waals surface area contributed by atoms with Gasteiger partial charge in [0.2, 0.25) is 0 Å². The van der Waals surface area contributed by atoms with Crippen molar-refractivity contribution >= 4 is 57.4 Å². The van der Waals surface area contributed by atoms with Gasteiger partial charge in [0.05, 0.1) is 12.2 Å². The Hall–Kier alpha value is -2.56. The second-order valence-electron chi connectivity index (χ2n) is 9.06. The van der Waals surface area contributed by atoms with E-state index in [0.29, 0.717) is 0 Å². The van der Waals surface area contributed by atoms with Crippen molar-refractivity contribution in [2.45, 2.75) is 115 Å². The molecule has 10 atom stereocenters. The Morgan fingerprint density at radius 3 is 0.900 bits per heavy atom. The quantitative estimate of drug-likeness (QED) is 0.208. The van der Waals surface area contributed by atoms with Gasteiger partial charge in [0.1, 0.15) is 0 Å². The zero-order chi connectivity index (χ0) is 30.3. The van der Waals surface area contributed by atoms with E-state index in [-0.39, 0.29) is 0 Å². The summed E-state index contributed by atoms with van der Waals surface area (Å²) in [4.78, 5) is 71.2. The second-order valence-corrected chi connectivity index (χ2v) is 11.5. The molecule has 2 aliphatic rings. The molecule has 0 aliphatic carbocycles. The van der Waals surface area contributed by atoms with Crippen LogP contribution in [-0.4, -0.2) is 95.5 Å². The summed E-state index contributed by atoms with van der Waals surface area (Å²) in [6.07, 6.45) is -8.59. The zero-order valence-corrected chi connectivity index (χ0v) is 24.9. The number of carbonyl (C=O) groups excluding carboxylic acids is 6. The standard InChI is InChI=1S/C24H34O14S2/c1-9-17(33-11(3)25)19(35-13(5)27)21(37-15(7)29)23(31-9)39-40-24-22(38-16(8)30)20(36-14(6)28)18(10(2)32-24)34-12(4)26/h9-10,17-24H,1-8H3/t9-,10-,17+,18+,19+,20+,21-,22-,23-,24-/m0/s1. The highest BCUT2D eigenvalue weighted by Gasteiger charge is 2.53. The fraction of sp³-hybridized carbons (Fsp3) is 0.750. The fourth-order valence-corrected chi connectivity index (χ4v) is 7.09. The van der Waals surface area contributed by atoms with Crippen molar-refractivity contribution in [3.63, 3.8) is 0 Å². The van der Waals surface area contributed by atoms with Gasteiger partial charge in [-0.25, -0.2) is 0 Å². The molecule has 0 unspecified atom stereocenters. The SMILES string of the molecule is CC(=O)O[C@@H]1[C@H](OC(C)=O)[C@H](C)O[C@@H](SS[C@@H]2O[C@@H](C)[C@@H](OC(C)=O)[C@@H](OC(C)=O)[C@@H]2OC(C)=O)[C@H]1OC(C)=O. The van der Waals surface area contributed by atoms with E-state index in [4.69, 9.17) is 37.9 Å². The molecule has 0 bridgehead atoms. The van der Waals surface area contributed by atoms with Crippen LogP contribution in [0.15, 0.2) is 0 Å². The van der Waals surface area contributed by atoms with Crippen molar-refractivity contribution in [2.75, 3.05) is 0 Å². The molecule has 14 nitrogen and oxygen atoms in total. The number of carbonyl (C=O) groups is 6. The molecule has 0 radical (unpaired) electrons. The van der Waals surface area contributed by atoms with Crippen LogP contribution < -0.4 is 0 Å². The van der Waals surface area contributed by atoms with E-state index in [1.165, 1.54) is 13.8 Å². The molecule has 0 aromatic carbocycles. The number of hydrogen-bond acceptors (Lipinski definition) is 16. The molecule has 0 spiro atoms. The van der Waals surface area contributed by atoms with Gasteiger partial charge in [0.25, 0.3) is 0 Å². The summed E-state index contributed by atoms with van der Waals surface area (Å²) in [7, 11) is 2.00. The average molecular weight is 611 g/mol. The minimum Gasteiger partial charge on any atom is -0.456 e. The van der Waals surface area contributed by atoms with Crippen LogP contribution >= 0.6 is 21.6 Å². The Balaban J connectivity index is 2.38. The summed E-state index contributed by atoms with van der Waals surface area (Å²) in [5.41, 5.74) is -1.98. The lowest BCUT2D eigenvalue weighted by molar-refractivity contribution is -0.229. The van der Waals surface area contributed by atoms with Crippen molar-refractivity contribution in [3.05, 3.63) is 0 Å². The molecule has 0 amide bonds. The first-order valence-corrected chi connectivity index (χ1v) is 14.5. The highest BCUT2D eigenvalue weighted by atomic mass is 33.1. The topological polar surface area (TPSA) is 176 Å². The Kier molecular flexibility index (Phi) is 12.5. The first-order valence-electron chi connectivity index (χ1n) is 12.3. The van der Waals surface area contributed by atoms with Gasteiger partial charge in [-0.05, 0) is 13.8 Å². The van der Waals surface area contributed by atoms with Crippen LogP contribution in [0.25, 0.3) is 0 Å². The Morgan fingerprint density at radius 1 is 0.425 bits per heavy atom. The molecular formula is C24H34O14S2. The van der Waals surface area contributed by atoms with Crippen LogP contribution in [0.5, 0.6) is 0 Å². The highest BCUT2D eigenvalue weighted by molar-refractivity contribution is 8.77. The molecular weight excluding hydrogens is 576 g/mol. The summed E-state index contributed by atoms with van der Waals surface area (Å²) in [6, 6.07) is 0. The zero-order valence-electron chi connectivity index (χ0n) is 23.3. The third-order valence-electron chi connectivity index (χ3n) is 5.51. The van der Waals surface area contributed by atoms with Crippen LogP contribution in [0.2, 0.25) is 0 Å². The third kappa shape index (κ3) is 9.52. The first kappa shape index (κ1) is 33.6. The van der Waals surface area contributed by atoms with Gasteiger partial charge in [0.15, 0.2) is 47.5 Å². The monoisotopic (exact) mass is 610 g/mol. The lowest BCUT2D eigenvalue weighted by Gasteiger charge is -2.45. The number of hydrogen-bond donors (Lipinski definition) is 0. The summed E-state index contributed by atoms with van der Waals surface area (Å²) in [5.74, 6) is -4.15. The van der Waals surface area contributed by atoms with E-state index < -0.39 is 95.5 Å². The number of esters is 6. The molecule has 0 N–H and O–H groups in total. The van der Waals surface area contributed by atoms with Gasteiger partial charge in [0, 0.05) is 41.5 Å². The van der Waals surface area contributed by atoms with Gasteiger partial charge in [-0.1, -0.05) is 21.6 Å². The Bertz CT molecular complexity index is 897. The Labute approximate surface area is 239 Å². The van der Waals surface area contributed by atoms with Crippen LogP contribution in [0.4, 0.5) is 0 Å². The van der Waals surface area contributed by atoms with Crippen molar-refractivity contribution < 1.29 is 66.7 Å². The smallest absolute Gasteiger partial charge is 0.303 e. The summed E-state index contributed by atoms with van der Waals surface area (Å²) in [5, 5.41) is 0. The molecule has 226 valence electrons. The van der Waals surface area contributed by atoms with Gasteiger partial charge in [-0.3, -0.25) is 28.8 Å². The largest absolute Gasteiger partial charge is 0.456 e. The van der Waals surface area contributed by atoms with Crippen molar-refractivity contribution in [3.8, 4) is 0 Å². The van der Waals surface area contributed by atoms with Crippen LogP contribution in [-0.2, 0) is 66.7 Å². The third-order valence-corrected chi connectivity index (χ3v) is 8.23. The van der Waals surface area contributed by atoms with Crippen LogP contribution in [0.1, 0.15) is 55.4 Å². The van der Waals surface area contributed by atoms with Crippen LogP contribution in [0, 0.1) is 0 Å². The van der Waals surface area contributed by atoms with Crippen molar-refractivity contribution in [2.24, 2.45) is 0 Å². The Morgan fingerprint density at radius 2 is 0.650 bits per heavy atom. The molecule has 2 aliphatic heterocycles. The second kappa shape index (κ2) is 14.9. The maximum Gasteiger partial charge on any atom is 0.303 e. The van der Waals surface area contributed by atoms with E-state index in [9.17, 15) is 28.8 Å². The molecule has 0 aromatic heterocycles. The van der Waals surface area contributed by atoms with Crippen molar-refractivity contribution in [1.29, 1.82) is 0 Å². The van der Waals surface area contributed by atoms with E-state index in [1.54, 1.807) is 13.8 Å². The fourth-order valence-electron chi connectivity index (χ4n) is 4.20. The molecule has 2 rings (SSSR count). The summed E-state index contributed by atoms with van der Waals surface area (Å²) >= 11 is 0. The van der Waals surface area contributed by atoms with Gasteiger partial charge in [-0.15, -0.1) is 0 Å². The predicted octanol–water partition coefficient (Wildman–Crippen LogP) is 1.45. The highest BCUT2D eigenvalue weighted by Crippen LogP contribution is 2.45. The number of ether oxygens (including phenoxy) is 8. The van der Waals surface area contributed by atoms with Crippen LogP contribution in [0.3, 0.4) is 0 Å². The van der Waals surface area contributed by atoms with Gasteiger partial charge >= 0.3 is 35.8 Å². The minimum atomic E-state index is -1.22. The predicted molar refractivity (Wildman–Crippen MR) is 137 cm³/mol. The van der Waals surface area contributed by atoms with E-state index in [1.807, 2.05) is 0 Å². The van der Waals surface area contributed by atoms with E-state index in [2.05, 4.69) is 0 Å². The minimum absolute atomic E-state index is 0.660. The molecule has 2 fully saturated rings. The number of rotatable bonds is 9. The average Bonchev–Trinajstić information content (AvgIpc) is 2.79. The molecule has 2 heterocycles. The molecule has 0 saturated carbocycles. The maximum absolute atomic E-state index is 12.0. The molecule has 2 saturated heterocycles. The lowest BCUT2D eigenvalue weighted by atomic mass is 10.00. The van der Waals surface area contributed by atoms with Gasteiger partial charge in [-0.2, -0.15) is 0 Å². The molecule has 16 heteroatoms. The first-order chi connectivity index (χ1) is 18.6. The molecule has 0 aromatic rings. The maximum atomic E-state index is 12.0. The molecule has 40 heavy (non-hydrogen) atoms. The van der Waals surface area contributed by atoms with Gasteiger partial charge < -0.3 is 37.9 Å². The lowest BCUT2D eigenvalue weighted by Crippen LogP contribution is -2.60. The van der Waals surface area contributed by atoms with Crippen molar-refractivity contribution in [1.82, 2.24) is 0 Å². The normalized spacial score (nSPS) is 33.6. The van der Waals surface area contributed by atoms with E-state index >= 15 is 0 Å².